The van der Waals surface area contributed by atoms with E-state index in [0.29, 0.717) is 11.8 Å². The first-order chi connectivity index (χ1) is 16.1. The fourth-order valence-electron chi connectivity index (χ4n) is 3.66. The number of amides is 1. The lowest BCUT2D eigenvalue weighted by molar-refractivity contribution is -0.384. The monoisotopic (exact) mass is 497 g/mol. The van der Waals surface area contributed by atoms with Crippen molar-refractivity contribution in [1.82, 2.24) is 0 Å². The van der Waals surface area contributed by atoms with Crippen molar-refractivity contribution >= 4 is 40.7 Å². The summed E-state index contributed by atoms with van der Waals surface area (Å²) in [7, 11) is 0. The van der Waals surface area contributed by atoms with E-state index < -0.39 is 46.8 Å². The number of alkyl halides is 3. The maximum Gasteiger partial charge on any atom is 0.416 e. The number of esters is 1. The molecule has 1 fully saturated rings. The number of ether oxygens (including phenoxy) is 1. The van der Waals surface area contributed by atoms with Crippen molar-refractivity contribution in [2.45, 2.75) is 23.9 Å². The summed E-state index contributed by atoms with van der Waals surface area (Å²) in [5, 5.41) is 14.0. The summed E-state index contributed by atoms with van der Waals surface area (Å²) in [4.78, 5) is 37.5. The molecule has 3 rings (SSSR count). The SMILES string of the molecule is CSc1ccccc1NC(=O)COC(=O)C1CCN(c2ccc(C(F)(F)F)cc2[N+](=O)[O-])CC1. The van der Waals surface area contributed by atoms with E-state index in [4.69, 9.17) is 4.74 Å². The number of hydrogen-bond acceptors (Lipinski definition) is 7. The van der Waals surface area contributed by atoms with E-state index in [1.54, 1.807) is 17.0 Å². The molecule has 0 saturated carbocycles. The standard InChI is InChI=1S/C22H22F3N3O5S/c1-34-19-5-3-2-4-16(19)26-20(29)13-33-21(30)14-8-10-27(11-9-14)17-7-6-15(22(23,24)25)12-18(17)28(31)32/h2-7,12,14H,8-11,13H2,1H3,(H,26,29). The highest BCUT2D eigenvalue weighted by atomic mass is 32.2. The minimum absolute atomic E-state index is 0.0663. The van der Waals surface area contributed by atoms with Gasteiger partial charge in [0.15, 0.2) is 6.61 Å². The van der Waals surface area contributed by atoms with Crippen LogP contribution in [0.5, 0.6) is 0 Å². The summed E-state index contributed by atoms with van der Waals surface area (Å²) in [5.74, 6) is -1.56. The Morgan fingerprint density at radius 2 is 1.88 bits per heavy atom. The number of halogens is 3. The molecule has 8 nitrogen and oxygen atoms in total. The number of nitrogens with zero attached hydrogens (tertiary/aromatic N) is 2. The first kappa shape index (κ1) is 25.3. The zero-order valence-electron chi connectivity index (χ0n) is 18.1. The van der Waals surface area contributed by atoms with E-state index in [-0.39, 0.29) is 31.6 Å². The molecular weight excluding hydrogens is 475 g/mol. The van der Waals surface area contributed by atoms with E-state index in [1.807, 2.05) is 18.4 Å². The van der Waals surface area contributed by atoms with Gasteiger partial charge in [-0.1, -0.05) is 12.1 Å². The van der Waals surface area contributed by atoms with Gasteiger partial charge in [0.25, 0.3) is 11.6 Å². The third kappa shape index (κ3) is 6.19. The number of carbonyl (C=O) groups is 2. The van der Waals surface area contributed by atoms with Gasteiger partial charge in [-0.25, -0.2) is 0 Å². The third-order valence-electron chi connectivity index (χ3n) is 5.40. The molecule has 1 saturated heterocycles. The van der Waals surface area contributed by atoms with Crippen molar-refractivity contribution in [2.75, 3.05) is 36.2 Å². The van der Waals surface area contributed by atoms with Crippen molar-refractivity contribution in [1.29, 1.82) is 0 Å². The third-order valence-corrected chi connectivity index (χ3v) is 6.19. The molecule has 2 aromatic rings. The van der Waals surface area contributed by atoms with Crippen LogP contribution in [0.25, 0.3) is 0 Å². The lowest BCUT2D eigenvalue weighted by Gasteiger charge is -2.32. The number of piperidine rings is 1. The highest BCUT2D eigenvalue weighted by molar-refractivity contribution is 7.98. The Kier molecular flexibility index (Phi) is 8.02. The zero-order valence-corrected chi connectivity index (χ0v) is 18.9. The van der Waals surface area contributed by atoms with E-state index >= 15 is 0 Å². The van der Waals surface area contributed by atoms with Gasteiger partial charge in [0.05, 0.1) is 22.1 Å². The van der Waals surface area contributed by atoms with Crippen LogP contribution < -0.4 is 10.2 Å². The van der Waals surface area contributed by atoms with Crippen molar-refractivity contribution < 1.29 is 32.4 Å². The van der Waals surface area contributed by atoms with E-state index in [1.165, 1.54) is 11.8 Å². The molecule has 0 aromatic heterocycles. The number of benzene rings is 2. The quantitative estimate of drug-likeness (QED) is 0.255. The predicted molar refractivity (Wildman–Crippen MR) is 121 cm³/mol. The number of hydrogen-bond donors (Lipinski definition) is 1. The van der Waals surface area contributed by atoms with E-state index in [0.717, 1.165) is 17.0 Å². The maximum absolute atomic E-state index is 12.9. The number of nitro benzene ring substituents is 1. The minimum Gasteiger partial charge on any atom is -0.455 e. The van der Waals surface area contributed by atoms with Crippen LogP contribution in [0, 0.1) is 16.0 Å². The fourth-order valence-corrected chi connectivity index (χ4v) is 4.21. The molecule has 1 N–H and O–H groups in total. The highest BCUT2D eigenvalue weighted by Crippen LogP contribution is 2.37. The van der Waals surface area contributed by atoms with Gasteiger partial charge >= 0.3 is 12.1 Å². The molecule has 1 amide bonds. The van der Waals surface area contributed by atoms with Gasteiger partial charge in [-0.2, -0.15) is 13.2 Å². The number of rotatable bonds is 7. The van der Waals surface area contributed by atoms with Crippen molar-refractivity contribution in [3.63, 3.8) is 0 Å². The number of para-hydroxylation sites is 1. The summed E-state index contributed by atoms with van der Waals surface area (Å²) in [5.41, 5.74) is -1.06. The van der Waals surface area contributed by atoms with Crippen molar-refractivity contribution in [3.05, 3.63) is 58.1 Å². The molecule has 0 bridgehead atoms. The normalized spacial score (nSPS) is 14.5. The molecular formula is C22H22F3N3O5S. The van der Waals surface area contributed by atoms with Crippen LogP contribution in [0.15, 0.2) is 47.4 Å². The molecule has 1 heterocycles. The second-order valence-corrected chi connectivity index (χ2v) is 8.42. The summed E-state index contributed by atoms with van der Waals surface area (Å²) in [6.45, 7) is -0.00925. The topological polar surface area (TPSA) is 102 Å². The van der Waals surface area contributed by atoms with Crippen LogP contribution in [0.2, 0.25) is 0 Å². The molecule has 182 valence electrons. The molecule has 0 unspecified atom stereocenters. The van der Waals surface area contributed by atoms with Gasteiger partial charge in [-0.15, -0.1) is 11.8 Å². The molecule has 0 spiro atoms. The Morgan fingerprint density at radius 1 is 1.21 bits per heavy atom. The number of anilines is 2. The molecule has 34 heavy (non-hydrogen) atoms. The van der Waals surface area contributed by atoms with Crippen molar-refractivity contribution in [2.24, 2.45) is 5.92 Å². The number of carbonyl (C=O) groups excluding carboxylic acids is 2. The zero-order chi connectivity index (χ0) is 24.9. The minimum atomic E-state index is -4.69. The summed E-state index contributed by atoms with van der Waals surface area (Å²) in [6, 6.07) is 9.60. The molecule has 0 atom stereocenters. The van der Waals surface area contributed by atoms with Gasteiger partial charge in [-0.05, 0) is 43.4 Å². The Bertz CT molecular complexity index is 1070. The van der Waals surface area contributed by atoms with Crippen LogP contribution in [0.1, 0.15) is 18.4 Å². The highest BCUT2D eigenvalue weighted by Gasteiger charge is 2.35. The first-order valence-electron chi connectivity index (χ1n) is 10.3. The van der Waals surface area contributed by atoms with Gasteiger partial charge in [-0.3, -0.25) is 19.7 Å². The average molecular weight is 497 g/mol. The molecule has 1 aliphatic heterocycles. The van der Waals surface area contributed by atoms with E-state index in [2.05, 4.69) is 5.32 Å². The van der Waals surface area contributed by atoms with E-state index in [9.17, 15) is 32.9 Å². The van der Waals surface area contributed by atoms with Gasteiger partial charge < -0.3 is 15.0 Å². The summed E-state index contributed by atoms with van der Waals surface area (Å²) < 4.78 is 43.9. The molecule has 12 heteroatoms. The lowest BCUT2D eigenvalue weighted by atomic mass is 9.96. The van der Waals surface area contributed by atoms with Gasteiger partial charge in [0, 0.05) is 24.1 Å². The molecule has 0 radical (unpaired) electrons. The number of nitrogens with one attached hydrogen (secondary N) is 1. The largest absolute Gasteiger partial charge is 0.455 e. The summed E-state index contributed by atoms with van der Waals surface area (Å²) >= 11 is 1.46. The number of thioether (sulfide) groups is 1. The Morgan fingerprint density at radius 3 is 2.50 bits per heavy atom. The first-order valence-corrected chi connectivity index (χ1v) is 11.5. The van der Waals surface area contributed by atoms with Crippen LogP contribution in [-0.2, 0) is 20.5 Å². The molecule has 2 aromatic carbocycles. The average Bonchev–Trinajstić information content (AvgIpc) is 2.82. The Labute approximate surface area is 197 Å². The second-order valence-electron chi connectivity index (χ2n) is 7.58. The van der Waals surface area contributed by atoms with Crippen LogP contribution in [0.4, 0.5) is 30.2 Å². The summed E-state index contributed by atoms with van der Waals surface area (Å²) in [6.07, 6.45) is -2.25. The second kappa shape index (κ2) is 10.8. The lowest BCUT2D eigenvalue weighted by Crippen LogP contribution is -2.37. The fraction of sp³-hybridized carbons (Fsp3) is 0.364. The van der Waals surface area contributed by atoms with Crippen LogP contribution in [-0.4, -0.2) is 42.8 Å². The Hall–Kier alpha value is -3.28. The van der Waals surface area contributed by atoms with Crippen LogP contribution >= 0.6 is 11.8 Å². The maximum atomic E-state index is 12.9. The molecule has 1 aliphatic rings. The van der Waals surface area contributed by atoms with Gasteiger partial charge in [0.1, 0.15) is 5.69 Å². The van der Waals surface area contributed by atoms with Gasteiger partial charge in [0.2, 0.25) is 0 Å². The molecule has 0 aliphatic carbocycles. The van der Waals surface area contributed by atoms with Crippen LogP contribution in [0.3, 0.4) is 0 Å². The Balaban J connectivity index is 1.55. The van der Waals surface area contributed by atoms with Crippen molar-refractivity contribution in [3.8, 4) is 0 Å². The number of nitro groups is 1. The predicted octanol–water partition coefficient (Wildman–Crippen LogP) is 4.73. The smallest absolute Gasteiger partial charge is 0.416 e.